The largest absolute Gasteiger partial charge is 0.381 e. The molecule has 0 aliphatic carbocycles. The maximum absolute atomic E-state index is 5.56. The van der Waals surface area contributed by atoms with Gasteiger partial charge in [0.05, 0.1) is 6.61 Å². The second-order valence-corrected chi connectivity index (χ2v) is 4.72. The molecular formula is C12H26N2O. The number of hydrogen-bond acceptors (Lipinski definition) is 3. The number of hydrogen-bond donors (Lipinski definition) is 1. The van der Waals surface area contributed by atoms with Crippen molar-refractivity contribution < 1.29 is 4.74 Å². The summed E-state index contributed by atoms with van der Waals surface area (Å²) in [6, 6.07) is 1.30. The molecule has 0 aromatic rings. The average molecular weight is 214 g/mol. The van der Waals surface area contributed by atoms with E-state index in [-0.39, 0.29) is 0 Å². The molecule has 0 bridgehead atoms. The van der Waals surface area contributed by atoms with E-state index in [0.29, 0.717) is 18.0 Å². The van der Waals surface area contributed by atoms with E-state index < -0.39 is 0 Å². The van der Waals surface area contributed by atoms with Gasteiger partial charge in [-0.05, 0) is 33.9 Å². The van der Waals surface area contributed by atoms with Crippen LogP contribution < -0.4 is 5.32 Å². The molecule has 1 aliphatic heterocycles. The van der Waals surface area contributed by atoms with Crippen molar-refractivity contribution in [1.29, 1.82) is 0 Å². The molecule has 15 heavy (non-hydrogen) atoms. The molecular weight excluding hydrogens is 188 g/mol. The SMILES string of the molecule is CCC(C)N(C)CC1COCCC1NC. The van der Waals surface area contributed by atoms with Gasteiger partial charge in [-0.2, -0.15) is 0 Å². The third kappa shape index (κ3) is 3.74. The van der Waals surface area contributed by atoms with E-state index in [9.17, 15) is 0 Å². The van der Waals surface area contributed by atoms with Gasteiger partial charge < -0.3 is 15.0 Å². The van der Waals surface area contributed by atoms with E-state index in [0.717, 1.165) is 26.2 Å². The predicted octanol–water partition coefficient (Wildman–Crippen LogP) is 1.34. The van der Waals surface area contributed by atoms with Gasteiger partial charge in [-0.15, -0.1) is 0 Å². The van der Waals surface area contributed by atoms with Crippen molar-refractivity contribution in [3.63, 3.8) is 0 Å². The number of nitrogens with one attached hydrogen (secondary N) is 1. The second-order valence-electron chi connectivity index (χ2n) is 4.72. The van der Waals surface area contributed by atoms with Crippen molar-refractivity contribution in [2.24, 2.45) is 5.92 Å². The molecule has 0 radical (unpaired) electrons. The van der Waals surface area contributed by atoms with E-state index >= 15 is 0 Å². The molecule has 1 heterocycles. The standard InChI is InChI=1S/C12H26N2O/c1-5-10(2)14(4)8-11-9-15-7-6-12(11)13-3/h10-13H,5-9H2,1-4H3. The summed E-state index contributed by atoms with van der Waals surface area (Å²) in [5.41, 5.74) is 0. The zero-order valence-corrected chi connectivity index (χ0v) is 10.6. The molecule has 1 fully saturated rings. The van der Waals surface area contributed by atoms with E-state index in [1.807, 2.05) is 0 Å². The number of ether oxygens (including phenoxy) is 1. The molecule has 3 unspecified atom stereocenters. The van der Waals surface area contributed by atoms with E-state index in [1.165, 1.54) is 6.42 Å². The highest BCUT2D eigenvalue weighted by atomic mass is 16.5. The van der Waals surface area contributed by atoms with E-state index in [1.54, 1.807) is 0 Å². The fourth-order valence-electron chi connectivity index (χ4n) is 2.22. The summed E-state index contributed by atoms with van der Waals surface area (Å²) in [6.07, 6.45) is 2.36. The predicted molar refractivity (Wildman–Crippen MR) is 64.2 cm³/mol. The van der Waals surface area contributed by atoms with Crippen LogP contribution in [0.4, 0.5) is 0 Å². The van der Waals surface area contributed by atoms with Crippen molar-refractivity contribution in [2.45, 2.75) is 38.8 Å². The highest BCUT2D eigenvalue weighted by molar-refractivity contribution is 4.81. The van der Waals surface area contributed by atoms with Crippen LogP contribution in [-0.4, -0.2) is 50.8 Å². The topological polar surface area (TPSA) is 24.5 Å². The van der Waals surface area contributed by atoms with Crippen LogP contribution in [0.3, 0.4) is 0 Å². The van der Waals surface area contributed by atoms with Crippen LogP contribution in [0.25, 0.3) is 0 Å². The fourth-order valence-corrected chi connectivity index (χ4v) is 2.22. The minimum Gasteiger partial charge on any atom is -0.381 e. The second kappa shape index (κ2) is 6.46. The molecule has 0 saturated carbocycles. The lowest BCUT2D eigenvalue weighted by Crippen LogP contribution is -2.47. The van der Waals surface area contributed by atoms with E-state index in [4.69, 9.17) is 4.74 Å². The maximum Gasteiger partial charge on any atom is 0.0521 e. The first-order valence-electron chi connectivity index (χ1n) is 6.14. The van der Waals surface area contributed by atoms with Gasteiger partial charge in [0.25, 0.3) is 0 Å². The molecule has 0 aromatic carbocycles. The molecule has 0 spiro atoms. The van der Waals surface area contributed by atoms with Crippen molar-refractivity contribution in [3.05, 3.63) is 0 Å². The van der Waals surface area contributed by atoms with Crippen LogP contribution in [0.1, 0.15) is 26.7 Å². The van der Waals surface area contributed by atoms with Gasteiger partial charge >= 0.3 is 0 Å². The van der Waals surface area contributed by atoms with Gasteiger partial charge in [0, 0.05) is 31.2 Å². The van der Waals surface area contributed by atoms with Crippen LogP contribution >= 0.6 is 0 Å². The van der Waals surface area contributed by atoms with Crippen molar-refractivity contribution in [1.82, 2.24) is 10.2 Å². The molecule has 90 valence electrons. The van der Waals surface area contributed by atoms with Gasteiger partial charge in [0.15, 0.2) is 0 Å². The Balaban J connectivity index is 2.40. The van der Waals surface area contributed by atoms with Crippen LogP contribution in [0.5, 0.6) is 0 Å². The monoisotopic (exact) mass is 214 g/mol. The van der Waals surface area contributed by atoms with Crippen LogP contribution in [0.2, 0.25) is 0 Å². The Hall–Kier alpha value is -0.120. The molecule has 1 saturated heterocycles. The van der Waals surface area contributed by atoms with Gasteiger partial charge in [0.1, 0.15) is 0 Å². The molecule has 3 atom stereocenters. The Labute approximate surface area is 94.2 Å². The summed E-state index contributed by atoms with van der Waals surface area (Å²) in [4.78, 5) is 2.45. The summed E-state index contributed by atoms with van der Waals surface area (Å²) in [5.74, 6) is 0.641. The first-order chi connectivity index (χ1) is 7.19. The Morgan fingerprint density at radius 1 is 1.53 bits per heavy atom. The van der Waals surface area contributed by atoms with Gasteiger partial charge in [-0.3, -0.25) is 0 Å². The van der Waals surface area contributed by atoms with Gasteiger partial charge in [0.2, 0.25) is 0 Å². The smallest absolute Gasteiger partial charge is 0.0521 e. The minimum absolute atomic E-state index is 0.630. The summed E-state index contributed by atoms with van der Waals surface area (Å²) in [7, 11) is 4.28. The third-order valence-electron chi connectivity index (χ3n) is 3.71. The lowest BCUT2D eigenvalue weighted by atomic mass is 9.95. The summed E-state index contributed by atoms with van der Waals surface area (Å²) < 4.78 is 5.56. The molecule has 1 aliphatic rings. The Bertz CT molecular complexity index is 175. The van der Waals surface area contributed by atoms with Crippen molar-refractivity contribution in [3.8, 4) is 0 Å². The first-order valence-corrected chi connectivity index (χ1v) is 6.14. The maximum atomic E-state index is 5.56. The van der Waals surface area contributed by atoms with Gasteiger partial charge in [-0.25, -0.2) is 0 Å². The molecule has 3 nitrogen and oxygen atoms in total. The quantitative estimate of drug-likeness (QED) is 0.747. The summed E-state index contributed by atoms with van der Waals surface area (Å²) in [5, 5.41) is 3.41. The van der Waals surface area contributed by atoms with Crippen LogP contribution in [0, 0.1) is 5.92 Å². The summed E-state index contributed by atoms with van der Waals surface area (Å²) >= 11 is 0. The zero-order chi connectivity index (χ0) is 11.3. The Morgan fingerprint density at radius 3 is 2.87 bits per heavy atom. The zero-order valence-electron chi connectivity index (χ0n) is 10.6. The van der Waals surface area contributed by atoms with Crippen molar-refractivity contribution in [2.75, 3.05) is 33.9 Å². The average Bonchev–Trinajstić information content (AvgIpc) is 2.28. The molecule has 1 N–H and O–H groups in total. The first kappa shape index (κ1) is 12.9. The normalized spacial score (nSPS) is 29.4. The highest BCUT2D eigenvalue weighted by Gasteiger charge is 2.26. The van der Waals surface area contributed by atoms with Gasteiger partial charge in [-0.1, -0.05) is 6.92 Å². The number of rotatable bonds is 5. The fraction of sp³-hybridized carbons (Fsp3) is 1.00. The molecule has 0 aromatic heterocycles. The minimum atomic E-state index is 0.630. The summed E-state index contributed by atoms with van der Waals surface area (Å²) in [6.45, 7) is 7.49. The lowest BCUT2D eigenvalue weighted by molar-refractivity contribution is 0.0171. The highest BCUT2D eigenvalue weighted by Crippen LogP contribution is 2.16. The van der Waals surface area contributed by atoms with E-state index in [2.05, 4.69) is 38.2 Å². The van der Waals surface area contributed by atoms with Crippen LogP contribution in [0.15, 0.2) is 0 Å². The Kier molecular flexibility index (Phi) is 5.58. The third-order valence-corrected chi connectivity index (χ3v) is 3.71. The Morgan fingerprint density at radius 2 is 2.27 bits per heavy atom. The van der Waals surface area contributed by atoms with Crippen molar-refractivity contribution >= 4 is 0 Å². The molecule has 1 rings (SSSR count). The lowest BCUT2D eigenvalue weighted by Gasteiger charge is -2.35. The molecule has 0 amide bonds. The molecule has 3 heteroatoms. The van der Waals surface area contributed by atoms with Crippen LogP contribution in [-0.2, 0) is 4.74 Å². The number of nitrogens with zero attached hydrogens (tertiary/aromatic N) is 1.